The van der Waals surface area contributed by atoms with E-state index in [0.29, 0.717) is 34.7 Å². The Kier molecular flexibility index (Phi) is 16.4. The number of ether oxygens (including phenoxy) is 1. The van der Waals surface area contributed by atoms with Crippen molar-refractivity contribution in [3.05, 3.63) is 60.9 Å². The summed E-state index contributed by atoms with van der Waals surface area (Å²) in [7, 11) is 0. The number of anilines is 1. The number of hydrogen-bond acceptors (Lipinski definition) is 8. The summed E-state index contributed by atoms with van der Waals surface area (Å²) in [5.74, 6) is 3.84. The summed E-state index contributed by atoms with van der Waals surface area (Å²) in [5, 5.41) is 0. The van der Waals surface area contributed by atoms with Crippen LogP contribution in [0.25, 0.3) is 0 Å². The van der Waals surface area contributed by atoms with E-state index in [1.54, 1.807) is 19.2 Å². The van der Waals surface area contributed by atoms with Crippen molar-refractivity contribution in [2.45, 2.75) is 67.7 Å². The van der Waals surface area contributed by atoms with Crippen LogP contribution < -0.4 is 20.5 Å². The molecular weight excluding hydrogens is 487 g/mol. The monoisotopic (exact) mass is 532 g/mol. The third-order valence-corrected chi connectivity index (χ3v) is 5.47. The van der Waals surface area contributed by atoms with Gasteiger partial charge in [0.05, 0.1) is 0 Å². The number of amidine groups is 1. The summed E-state index contributed by atoms with van der Waals surface area (Å²) in [6.07, 6.45) is 8.20. The standard InChI is InChI=1S/C27H39BN8O.C2H6/c1-8-17-29-23(11-4)21(6)34-35-22(7)30-25-31-26(36(18-9-2)19-15-20(5)10-3)33-27(32-25)37-24-14-12-13-16-28-24;1-2/h8,11-14,16-17,20,34H,1,6,9-10,15,18-19H2,2-5,7H3,(H,30,31,32,33,35);1-2H3/b23-11-,29-17?;. The third kappa shape index (κ3) is 12.5. The Morgan fingerprint density at radius 1 is 1.18 bits per heavy atom. The van der Waals surface area contributed by atoms with Crippen LogP contribution in [0.15, 0.2) is 70.8 Å². The average Bonchev–Trinajstić information content (AvgIpc) is 2.95. The molecule has 1 unspecified atom stereocenters. The first-order valence-corrected chi connectivity index (χ1v) is 13.7. The second kappa shape index (κ2) is 19.3. The molecule has 0 aliphatic rings. The van der Waals surface area contributed by atoms with Crippen molar-refractivity contribution in [2.75, 3.05) is 18.0 Å². The van der Waals surface area contributed by atoms with E-state index in [2.05, 4.69) is 74.6 Å². The Labute approximate surface area is 235 Å². The maximum atomic E-state index is 5.96. The van der Waals surface area contributed by atoms with Gasteiger partial charge in [0.25, 0.3) is 0 Å². The fourth-order valence-electron chi connectivity index (χ4n) is 3.20. The molecule has 10 heteroatoms. The zero-order valence-corrected chi connectivity index (χ0v) is 24.7. The predicted octanol–water partition coefficient (Wildman–Crippen LogP) is 6.50. The number of aromatic nitrogens is 3. The quantitative estimate of drug-likeness (QED) is 0.117. The predicted molar refractivity (Wildman–Crippen MR) is 166 cm³/mol. The van der Waals surface area contributed by atoms with Gasteiger partial charge in [0.1, 0.15) is 0 Å². The van der Waals surface area contributed by atoms with Crippen molar-refractivity contribution in [1.29, 1.82) is 0 Å². The van der Waals surface area contributed by atoms with Crippen molar-refractivity contribution in [3.8, 4) is 11.7 Å². The van der Waals surface area contributed by atoms with E-state index in [0.717, 1.165) is 32.4 Å². The molecule has 0 aliphatic heterocycles. The number of allylic oxidation sites excluding steroid dienone is 2. The van der Waals surface area contributed by atoms with Crippen LogP contribution in [0.3, 0.4) is 0 Å². The van der Waals surface area contributed by atoms with Gasteiger partial charge in [-0.25, -0.2) is 0 Å². The average molecular weight is 533 g/mol. The normalized spacial score (nSPS) is 12.2. The van der Waals surface area contributed by atoms with Gasteiger partial charge >= 0.3 is 196 Å². The van der Waals surface area contributed by atoms with Crippen LogP contribution in [-0.2, 0) is 0 Å². The van der Waals surface area contributed by atoms with Crippen LogP contribution >= 0.6 is 0 Å². The van der Waals surface area contributed by atoms with Gasteiger partial charge in [0.15, 0.2) is 0 Å². The molecule has 0 aromatic carbocycles. The SMILES string of the molecule is C=CC=N/C(=C\C)C(=C)NN/C(C)=N/c1nc(Oc2bcccc2)nc(N(CCC)CCC(C)CC)n1.CC. The summed E-state index contributed by atoms with van der Waals surface area (Å²) in [6.45, 7) is 25.5. The van der Waals surface area contributed by atoms with Gasteiger partial charge in [0, 0.05) is 6.21 Å². The molecule has 0 saturated heterocycles. The first kappa shape index (κ1) is 33.2. The van der Waals surface area contributed by atoms with E-state index in [1.165, 1.54) is 0 Å². The third-order valence-electron chi connectivity index (χ3n) is 5.47. The molecule has 0 fully saturated rings. The Balaban J connectivity index is 0.00000371. The van der Waals surface area contributed by atoms with Crippen molar-refractivity contribution < 1.29 is 4.74 Å². The molecule has 2 aromatic heterocycles. The molecule has 2 N–H and O–H groups in total. The molecule has 0 aliphatic carbocycles. The zero-order chi connectivity index (χ0) is 29.0. The molecule has 2 rings (SSSR count). The van der Waals surface area contributed by atoms with Gasteiger partial charge in [-0.3, -0.25) is 0 Å². The minimum absolute atomic E-state index is 0.194. The number of hydrazine groups is 1. The van der Waals surface area contributed by atoms with Crippen LogP contribution in [0.4, 0.5) is 11.9 Å². The Hall–Kier alpha value is -3.82. The van der Waals surface area contributed by atoms with Crippen molar-refractivity contribution in [2.24, 2.45) is 15.9 Å². The van der Waals surface area contributed by atoms with Crippen LogP contribution in [0, 0.1) is 5.92 Å². The van der Waals surface area contributed by atoms with Gasteiger partial charge in [0.2, 0.25) is 0 Å². The fourth-order valence-corrected chi connectivity index (χ4v) is 3.20. The van der Waals surface area contributed by atoms with Crippen LogP contribution in [0.2, 0.25) is 0 Å². The number of aliphatic imine (C=N–C) groups is 2. The van der Waals surface area contributed by atoms with Crippen molar-refractivity contribution in [3.63, 3.8) is 0 Å². The topological polar surface area (TPSA) is 99.9 Å². The largest absolute Gasteiger partial charge is 0.0683 e. The molecule has 210 valence electrons. The molecule has 0 amide bonds. The van der Waals surface area contributed by atoms with E-state index < -0.39 is 0 Å². The van der Waals surface area contributed by atoms with Crippen LogP contribution in [0.5, 0.6) is 11.7 Å². The molecule has 0 bridgehead atoms. The first-order chi connectivity index (χ1) is 18.9. The number of nitrogens with zero attached hydrogens (tertiary/aromatic N) is 6. The molecule has 2 heterocycles. The summed E-state index contributed by atoms with van der Waals surface area (Å²) < 4.78 is 5.96. The number of hydrogen-bond donors (Lipinski definition) is 2. The maximum Gasteiger partial charge on any atom is -0.0683 e. The second-order valence-electron chi connectivity index (χ2n) is 8.54. The summed E-state index contributed by atoms with van der Waals surface area (Å²) in [6, 6.07) is 5.88. The zero-order valence-electron chi connectivity index (χ0n) is 24.7. The van der Waals surface area contributed by atoms with E-state index in [9.17, 15) is 0 Å². The van der Waals surface area contributed by atoms with E-state index >= 15 is 0 Å². The first-order valence-electron chi connectivity index (χ1n) is 13.7. The van der Waals surface area contributed by atoms with Crippen LogP contribution in [0.1, 0.15) is 67.7 Å². The number of rotatable bonds is 15. The Morgan fingerprint density at radius 3 is 2.56 bits per heavy atom. The molecular formula is C29H45BN8O. The molecule has 0 saturated carbocycles. The molecule has 39 heavy (non-hydrogen) atoms. The van der Waals surface area contributed by atoms with Crippen molar-refractivity contribution >= 4 is 30.9 Å². The van der Waals surface area contributed by atoms with Gasteiger partial charge in [-0.1, -0.05) is 26.5 Å². The Morgan fingerprint density at radius 2 is 1.95 bits per heavy atom. The van der Waals surface area contributed by atoms with Gasteiger partial charge in [-0.15, -0.1) is 0 Å². The molecule has 0 radical (unpaired) electrons. The Bertz CT molecular complexity index is 1100. The van der Waals surface area contributed by atoms with Gasteiger partial charge < -0.3 is 0 Å². The molecule has 2 aromatic rings. The minimum Gasteiger partial charge on any atom is -0.0683 e. The van der Waals surface area contributed by atoms with Crippen LogP contribution in [-0.4, -0.2) is 47.0 Å². The smallest absolute Gasteiger partial charge is 0.0683 e. The minimum atomic E-state index is 0.194. The summed E-state index contributed by atoms with van der Waals surface area (Å²) >= 11 is 0. The fraction of sp³-hybridized carbons (Fsp3) is 0.448. The van der Waals surface area contributed by atoms with E-state index in [-0.39, 0.29) is 12.0 Å². The second-order valence-corrected chi connectivity index (χ2v) is 8.54. The summed E-state index contributed by atoms with van der Waals surface area (Å²) in [4.78, 5) is 24.7. The van der Waals surface area contributed by atoms with E-state index in [1.807, 2.05) is 57.9 Å². The van der Waals surface area contributed by atoms with E-state index in [4.69, 9.17) is 4.74 Å². The molecule has 1 atom stereocenters. The van der Waals surface area contributed by atoms with Gasteiger partial charge in [-0.2, -0.15) is 0 Å². The molecule has 9 nitrogen and oxygen atoms in total. The maximum absolute atomic E-state index is 5.96. The van der Waals surface area contributed by atoms with Crippen molar-refractivity contribution in [1.82, 2.24) is 25.8 Å². The molecule has 0 spiro atoms. The summed E-state index contributed by atoms with van der Waals surface area (Å²) in [5.41, 5.74) is 7.93. The number of nitrogens with one attached hydrogen (secondary N) is 2. The van der Waals surface area contributed by atoms with Gasteiger partial charge in [-0.05, 0) is 6.92 Å².